The van der Waals surface area contributed by atoms with Crippen molar-refractivity contribution in [2.75, 3.05) is 19.6 Å². The lowest BCUT2D eigenvalue weighted by atomic mass is 10.00. The molecular weight excluding hydrogens is 407 g/mol. The third-order valence-electron chi connectivity index (χ3n) is 4.84. The number of rotatable bonds is 6. The summed E-state index contributed by atoms with van der Waals surface area (Å²) in [6, 6.07) is 8.28. The van der Waals surface area contributed by atoms with Crippen molar-refractivity contribution in [2.24, 2.45) is 5.73 Å². The Bertz CT molecular complexity index is 744. The normalized spacial score (nSPS) is 17.0. The number of nitrogens with one attached hydrogen (secondary N) is 1. The third kappa shape index (κ3) is 6.19. The molecule has 0 radical (unpaired) electrons. The van der Waals surface area contributed by atoms with Gasteiger partial charge in [-0.05, 0) is 31.5 Å². The van der Waals surface area contributed by atoms with E-state index in [1.54, 1.807) is 0 Å². The number of nitrogens with zero attached hydrogens (tertiary/aromatic N) is 2. The second-order valence-corrected chi connectivity index (χ2v) is 6.97. The fourth-order valence-corrected chi connectivity index (χ4v) is 3.70. The smallest absolute Gasteiger partial charge is 0.221 e. The number of piperidine rings is 1. The average Bonchev–Trinajstić information content (AvgIpc) is 2.63. The summed E-state index contributed by atoms with van der Waals surface area (Å²) in [6.45, 7) is 2.81. The van der Waals surface area contributed by atoms with Crippen molar-refractivity contribution in [3.8, 4) is 0 Å². The Morgan fingerprint density at radius 3 is 2.89 bits per heavy atom. The largest absolute Gasteiger partial charge is 0.354 e. The van der Waals surface area contributed by atoms with Crippen LogP contribution in [0.25, 0.3) is 10.9 Å². The van der Waals surface area contributed by atoms with E-state index in [1.807, 2.05) is 24.4 Å². The zero-order valence-electron chi connectivity index (χ0n) is 15.2. The van der Waals surface area contributed by atoms with Crippen LogP contribution in [0.3, 0.4) is 0 Å². The van der Waals surface area contributed by atoms with Crippen molar-refractivity contribution < 1.29 is 4.79 Å². The summed E-state index contributed by atoms with van der Waals surface area (Å²) in [5, 5.41) is 4.87. The molecule has 0 bridgehead atoms. The minimum Gasteiger partial charge on any atom is -0.354 e. The zero-order chi connectivity index (χ0) is 17.6. The predicted molar refractivity (Wildman–Crippen MR) is 116 cm³/mol. The molecule has 1 aliphatic heterocycles. The van der Waals surface area contributed by atoms with E-state index in [2.05, 4.69) is 21.3 Å². The molecule has 8 heteroatoms. The van der Waals surface area contributed by atoms with Crippen LogP contribution in [0.15, 0.2) is 30.5 Å². The van der Waals surface area contributed by atoms with Gasteiger partial charge in [0, 0.05) is 54.3 Å². The fraction of sp³-hybridized carbons (Fsp3) is 0.474. The Morgan fingerprint density at radius 2 is 2.11 bits per heavy atom. The second-order valence-electron chi connectivity index (χ2n) is 6.56. The first-order chi connectivity index (χ1) is 12.2. The summed E-state index contributed by atoms with van der Waals surface area (Å²) >= 11 is 6.49. The van der Waals surface area contributed by atoms with Gasteiger partial charge in [0.25, 0.3) is 0 Å². The average molecular weight is 434 g/mol. The fourth-order valence-electron chi connectivity index (χ4n) is 3.48. The number of likely N-dealkylation sites (tertiary alicyclic amines) is 1. The first-order valence-electron chi connectivity index (χ1n) is 8.92. The van der Waals surface area contributed by atoms with E-state index in [-0.39, 0.29) is 30.7 Å². The summed E-state index contributed by atoms with van der Waals surface area (Å²) in [6.07, 6.45) is 5.63. The van der Waals surface area contributed by atoms with Gasteiger partial charge < -0.3 is 11.1 Å². The van der Waals surface area contributed by atoms with E-state index in [0.717, 1.165) is 41.0 Å². The van der Waals surface area contributed by atoms with Crippen LogP contribution in [0, 0.1) is 0 Å². The molecule has 1 aliphatic rings. The molecule has 2 heterocycles. The Hall–Kier alpha value is -1.11. The van der Waals surface area contributed by atoms with Gasteiger partial charge in [-0.3, -0.25) is 14.7 Å². The number of aromatic nitrogens is 1. The van der Waals surface area contributed by atoms with E-state index in [0.29, 0.717) is 25.6 Å². The molecule has 1 aromatic heterocycles. The standard InChI is InChI=1S/C19H25ClN4O.2ClH/c20-17-7-6-14-4-3-10-22-19(14)16(17)13-24-11-2-1-5-15(24)12-23-18(25)8-9-21;;/h3-4,6-7,10,15H,1-2,5,8-9,11-13,21H2,(H,23,25);2*1H. The topological polar surface area (TPSA) is 71.2 Å². The van der Waals surface area contributed by atoms with Crippen LogP contribution in [0.4, 0.5) is 0 Å². The summed E-state index contributed by atoms with van der Waals surface area (Å²) in [7, 11) is 0. The number of carbonyl (C=O) groups excluding carboxylic acids is 1. The maximum Gasteiger partial charge on any atom is 0.221 e. The molecule has 3 rings (SSSR count). The quantitative estimate of drug-likeness (QED) is 0.731. The molecule has 27 heavy (non-hydrogen) atoms. The van der Waals surface area contributed by atoms with Gasteiger partial charge in [-0.25, -0.2) is 0 Å². The van der Waals surface area contributed by atoms with Crippen molar-refractivity contribution in [3.63, 3.8) is 0 Å². The molecule has 1 atom stereocenters. The number of hydrogen-bond acceptors (Lipinski definition) is 4. The van der Waals surface area contributed by atoms with Crippen LogP contribution in [0.1, 0.15) is 31.2 Å². The summed E-state index contributed by atoms with van der Waals surface area (Å²) < 4.78 is 0. The number of carbonyl (C=O) groups is 1. The van der Waals surface area contributed by atoms with E-state index in [1.165, 1.54) is 12.8 Å². The minimum atomic E-state index is 0. The van der Waals surface area contributed by atoms with Crippen molar-refractivity contribution >= 4 is 53.2 Å². The SMILES string of the molecule is Cl.Cl.NCCC(=O)NCC1CCCCN1Cc1c(Cl)ccc2cccnc12. The van der Waals surface area contributed by atoms with E-state index in [9.17, 15) is 4.79 Å². The summed E-state index contributed by atoms with van der Waals surface area (Å²) in [4.78, 5) is 18.7. The van der Waals surface area contributed by atoms with Gasteiger partial charge in [-0.1, -0.05) is 30.2 Å². The van der Waals surface area contributed by atoms with Crippen molar-refractivity contribution in [2.45, 2.75) is 38.3 Å². The van der Waals surface area contributed by atoms with Gasteiger partial charge in [-0.2, -0.15) is 0 Å². The van der Waals surface area contributed by atoms with Gasteiger partial charge in [-0.15, -0.1) is 24.8 Å². The van der Waals surface area contributed by atoms with Crippen LogP contribution in [-0.2, 0) is 11.3 Å². The molecule has 0 spiro atoms. The predicted octanol–water partition coefficient (Wildman–Crippen LogP) is 3.55. The van der Waals surface area contributed by atoms with Crippen molar-refractivity contribution in [1.82, 2.24) is 15.2 Å². The lowest BCUT2D eigenvalue weighted by molar-refractivity contribution is -0.121. The number of pyridine rings is 1. The monoisotopic (exact) mass is 432 g/mol. The Kier molecular flexibility index (Phi) is 10.3. The molecule has 1 amide bonds. The molecule has 150 valence electrons. The third-order valence-corrected chi connectivity index (χ3v) is 5.19. The molecule has 3 N–H and O–H groups in total. The number of hydrogen-bond donors (Lipinski definition) is 2. The summed E-state index contributed by atoms with van der Waals surface area (Å²) in [5.74, 6) is 0.0258. The maximum absolute atomic E-state index is 11.7. The van der Waals surface area contributed by atoms with E-state index in [4.69, 9.17) is 17.3 Å². The lowest BCUT2D eigenvalue weighted by Crippen LogP contribution is -2.46. The highest BCUT2D eigenvalue weighted by Crippen LogP contribution is 2.28. The number of nitrogens with two attached hydrogens (primary N) is 1. The zero-order valence-corrected chi connectivity index (χ0v) is 17.6. The van der Waals surface area contributed by atoms with Gasteiger partial charge in [0.05, 0.1) is 5.52 Å². The van der Waals surface area contributed by atoms with Crippen LogP contribution < -0.4 is 11.1 Å². The van der Waals surface area contributed by atoms with Crippen LogP contribution in [0.2, 0.25) is 5.02 Å². The molecular formula is C19H27Cl3N4O. The number of halogens is 3. The minimum absolute atomic E-state index is 0. The molecule has 5 nitrogen and oxygen atoms in total. The highest BCUT2D eigenvalue weighted by atomic mass is 35.5. The van der Waals surface area contributed by atoms with Crippen molar-refractivity contribution in [1.29, 1.82) is 0 Å². The van der Waals surface area contributed by atoms with Gasteiger partial charge in [0.1, 0.15) is 0 Å². The Morgan fingerprint density at radius 1 is 1.30 bits per heavy atom. The van der Waals surface area contributed by atoms with Crippen LogP contribution in [-0.4, -0.2) is 41.5 Å². The maximum atomic E-state index is 11.7. The number of fused-ring (bicyclic) bond motifs is 1. The van der Waals surface area contributed by atoms with Gasteiger partial charge in [0.2, 0.25) is 5.91 Å². The highest BCUT2D eigenvalue weighted by Gasteiger charge is 2.24. The summed E-state index contributed by atoms with van der Waals surface area (Å²) in [5.41, 5.74) is 7.48. The molecule has 1 unspecified atom stereocenters. The van der Waals surface area contributed by atoms with Gasteiger partial charge in [0.15, 0.2) is 0 Å². The molecule has 1 saturated heterocycles. The van der Waals surface area contributed by atoms with Gasteiger partial charge >= 0.3 is 0 Å². The van der Waals surface area contributed by atoms with Crippen molar-refractivity contribution in [3.05, 3.63) is 41.0 Å². The first-order valence-corrected chi connectivity index (χ1v) is 9.29. The molecule has 1 fully saturated rings. The molecule has 0 aliphatic carbocycles. The Balaban J connectivity index is 0.00000182. The Labute approximate surface area is 177 Å². The van der Waals surface area contributed by atoms with E-state index < -0.39 is 0 Å². The lowest BCUT2D eigenvalue weighted by Gasteiger charge is -2.36. The second kappa shape index (κ2) is 11.7. The van der Waals surface area contributed by atoms with E-state index >= 15 is 0 Å². The highest BCUT2D eigenvalue weighted by molar-refractivity contribution is 6.32. The van der Waals surface area contributed by atoms with Crippen LogP contribution >= 0.6 is 36.4 Å². The molecule has 1 aromatic carbocycles. The number of benzene rings is 1. The van der Waals surface area contributed by atoms with Crippen LogP contribution in [0.5, 0.6) is 0 Å². The first kappa shape index (κ1) is 23.9. The molecule has 2 aromatic rings. The number of amides is 1. The molecule has 0 saturated carbocycles.